The zero-order chi connectivity index (χ0) is 29.3. The first-order valence-electron chi connectivity index (χ1n) is 13.7. The van der Waals surface area contributed by atoms with Crippen molar-refractivity contribution in [1.82, 2.24) is 14.9 Å². The van der Waals surface area contributed by atoms with Crippen LogP contribution in [0.4, 0.5) is 0 Å². The number of hydrogen-bond donors (Lipinski definition) is 3. The smallest absolute Gasteiger partial charge is 0.335 e. The van der Waals surface area contributed by atoms with E-state index in [0.29, 0.717) is 12.0 Å². The Morgan fingerprint density at radius 2 is 1.83 bits per heavy atom. The molecule has 1 fully saturated rings. The molecule has 3 aromatic carbocycles. The summed E-state index contributed by atoms with van der Waals surface area (Å²) >= 11 is 0. The van der Waals surface area contributed by atoms with Crippen molar-refractivity contribution in [2.24, 2.45) is 0 Å². The molecule has 2 atom stereocenters. The fourth-order valence-corrected chi connectivity index (χ4v) is 7.35. The lowest BCUT2D eigenvalue weighted by Crippen LogP contribution is -2.58. The van der Waals surface area contributed by atoms with Crippen LogP contribution in [0.1, 0.15) is 57.9 Å². The van der Waals surface area contributed by atoms with Crippen molar-refractivity contribution >= 4 is 27.8 Å². The maximum Gasteiger partial charge on any atom is 0.335 e. The van der Waals surface area contributed by atoms with Crippen LogP contribution in [-0.4, -0.2) is 54.7 Å². The van der Waals surface area contributed by atoms with E-state index in [0.717, 1.165) is 45.0 Å². The molecule has 3 N–H and O–H groups in total. The second kappa shape index (κ2) is 11.5. The number of sulfonamides is 1. The van der Waals surface area contributed by atoms with Crippen LogP contribution in [0.2, 0.25) is 0 Å². The molecule has 3 aromatic rings. The number of aromatic carboxylic acids is 1. The third kappa shape index (κ3) is 5.75. The summed E-state index contributed by atoms with van der Waals surface area (Å²) in [5.41, 5.74) is 5.66. The summed E-state index contributed by atoms with van der Waals surface area (Å²) in [6, 6.07) is 16.2. The second-order valence-corrected chi connectivity index (χ2v) is 12.5. The number of fused-ring (bicyclic) bond motifs is 1. The monoisotopic (exact) mass is 575 g/mol. The first-order chi connectivity index (χ1) is 19.6. The molecule has 10 heteroatoms. The summed E-state index contributed by atoms with van der Waals surface area (Å²) in [4.78, 5) is 37.7. The molecule has 0 aromatic heterocycles. The van der Waals surface area contributed by atoms with Gasteiger partial charge in [-0.1, -0.05) is 48.0 Å². The summed E-state index contributed by atoms with van der Waals surface area (Å²) in [5, 5.41) is 15.2. The van der Waals surface area contributed by atoms with Gasteiger partial charge in [-0.05, 0) is 79.1 Å². The van der Waals surface area contributed by atoms with E-state index < -0.39 is 33.8 Å². The zero-order valence-electron chi connectivity index (χ0n) is 23.0. The minimum atomic E-state index is -3.98. The first-order valence-corrected chi connectivity index (χ1v) is 15.1. The number of carbonyl (C=O) groups excluding carboxylic acids is 2. The highest BCUT2D eigenvalue weighted by Crippen LogP contribution is 2.35. The van der Waals surface area contributed by atoms with Gasteiger partial charge < -0.3 is 15.7 Å². The molecule has 0 spiro atoms. The van der Waals surface area contributed by atoms with Crippen molar-refractivity contribution in [1.29, 1.82) is 0 Å². The predicted octanol–water partition coefficient (Wildman–Crippen LogP) is 3.74. The van der Waals surface area contributed by atoms with Gasteiger partial charge in [0.15, 0.2) is 0 Å². The molecule has 5 rings (SSSR count). The lowest BCUT2D eigenvalue weighted by atomic mass is 9.84. The maximum atomic E-state index is 13.4. The number of carboxylic acid groups (broad SMARTS) is 1. The number of nitrogens with zero attached hydrogens (tertiary/aromatic N) is 1. The van der Waals surface area contributed by atoms with Gasteiger partial charge in [0.05, 0.1) is 22.9 Å². The molecule has 2 aliphatic rings. The molecule has 0 unspecified atom stereocenters. The van der Waals surface area contributed by atoms with E-state index in [1.165, 1.54) is 12.1 Å². The van der Waals surface area contributed by atoms with Crippen LogP contribution in [-0.2, 0) is 26.0 Å². The van der Waals surface area contributed by atoms with Crippen LogP contribution < -0.4 is 10.6 Å². The molecule has 0 saturated carbocycles. The van der Waals surface area contributed by atoms with E-state index in [4.69, 9.17) is 0 Å². The average molecular weight is 576 g/mol. The normalized spacial score (nSPS) is 19.2. The Bertz CT molecular complexity index is 1620. The van der Waals surface area contributed by atoms with E-state index in [9.17, 15) is 27.9 Å². The highest BCUT2D eigenvalue weighted by atomic mass is 32.2. The largest absolute Gasteiger partial charge is 0.478 e. The Morgan fingerprint density at radius 3 is 2.56 bits per heavy atom. The van der Waals surface area contributed by atoms with E-state index in [1.807, 2.05) is 31.2 Å². The van der Waals surface area contributed by atoms with E-state index >= 15 is 0 Å². The standard InChI is InChI=1S/C31H33N3O6S/c1-19-9-12-23(13-10-19)41(39,40)34-16-15-32-30(36)28(34)18-29(35)33-27-8-3-5-21-17-22(11-14-26(21)27)24-6-4-7-25(20(24)2)31(37)38/h4,6-7,9-14,17,27-28H,3,5,8,15-16,18H2,1-2H3,(H,32,36)(H,33,35)(H,37,38)/t27-,28-/m1/s1. The molecule has 1 heterocycles. The molecule has 41 heavy (non-hydrogen) atoms. The Labute approximate surface area is 239 Å². The van der Waals surface area contributed by atoms with Gasteiger partial charge in [-0.2, -0.15) is 4.31 Å². The van der Waals surface area contributed by atoms with Crippen LogP contribution in [0.15, 0.2) is 65.6 Å². The number of hydrogen-bond acceptors (Lipinski definition) is 5. The Kier molecular flexibility index (Phi) is 7.97. The number of piperazine rings is 1. The Balaban J connectivity index is 1.34. The van der Waals surface area contributed by atoms with E-state index in [-0.39, 0.29) is 36.0 Å². The van der Waals surface area contributed by atoms with Crippen molar-refractivity contribution < 1.29 is 27.9 Å². The minimum absolute atomic E-state index is 0.0808. The Morgan fingerprint density at radius 1 is 1.07 bits per heavy atom. The Hall–Kier alpha value is -4.02. The first kappa shape index (κ1) is 28.5. The van der Waals surface area contributed by atoms with Crippen molar-refractivity contribution in [2.45, 2.75) is 56.5 Å². The van der Waals surface area contributed by atoms with Gasteiger partial charge in [-0.25, -0.2) is 13.2 Å². The summed E-state index contributed by atoms with van der Waals surface area (Å²) < 4.78 is 27.9. The molecule has 214 valence electrons. The van der Waals surface area contributed by atoms with Crippen LogP contribution in [0.25, 0.3) is 11.1 Å². The molecule has 1 aliphatic heterocycles. The summed E-state index contributed by atoms with van der Waals surface area (Å²) in [6.45, 7) is 3.91. The molecular formula is C31H33N3O6S. The number of carbonyl (C=O) groups is 3. The van der Waals surface area contributed by atoms with Gasteiger partial charge in [0.25, 0.3) is 0 Å². The number of amides is 2. The van der Waals surface area contributed by atoms with Crippen molar-refractivity contribution in [3.05, 3.63) is 88.5 Å². The zero-order valence-corrected chi connectivity index (χ0v) is 23.8. The average Bonchev–Trinajstić information content (AvgIpc) is 2.94. The van der Waals surface area contributed by atoms with Gasteiger partial charge in [0, 0.05) is 13.1 Å². The molecule has 2 amide bonds. The third-order valence-electron chi connectivity index (χ3n) is 7.96. The van der Waals surface area contributed by atoms with Gasteiger partial charge in [-0.3, -0.25) is 9.59 Å². The SMILES string of the molecule is Cc1ccc(S(=O)(=O)N2CCNC(=O)[C@H]2CC(=O)N[C@@H]2CCCc3cc(-c4cccc(C(=O)O)c4C)ccc32)cc1. The topological polar surface area (TPSA) is 133 Å². The summed E-state index contributed by atoms with van der Waals surface area (Å²) in [7, 11) is -3.98. The number of nitrogens with one attached hydrogen (secondary N) is 2. The van der Waals surface area contributed by atoms with E-state index in [2.05, 4.69) is 10.6 Å². The fourth-order valence-electron chi connectivity index (χ4n) is 5.76. The van der Waals surface area contributed by atoms with Crippen LogP contribution in [0, 0.1) is 13.8 Å². The highest BCUT2D eigenvalue weighted by molar-refractivity contribution is 7.89. The van der Waals surface area contributed by atoms with Crippen molar-refractivity contribution in [3.63, 3.8) is 0 Å². The van der Waals surface area contributed by atoms with Crippen LogP contribution in [0.3, 0.4) is 0 Å². The van der Waals surface area contributed by atoms with E-state index in [1.54, 1.807) is 31.2 Å². The van der Waals surface area contributed by atoms with Gasteiger partial charge >= 0.3 is 5.97 Å². The third-order valence-corrected chi connectivity index (χ3v) is 9.88. The summed E-state index contributed by atoms with van der Waals surface area (Å²) in [5.74, 6) is -1.86. The number of aryl methyl sites for hydroxylation is 2. The molecule has 1 aliphatic carbocycles. The van der Waals surface area contributed by atoms with Gasteiger partial charge in [0.1, 0.15) is 6.04 Å². The molecule has 1 saturated heterocycles. The van der Waals surface area contributed by atoms with Crippen LogP contribution >= 0.6 is 0 Å². The number of benzene rings is 3. The maximum absolute atomic E-state index is 13.4. The highest BCUT2D eigenvalue weighted by Gasteiger charge is 2.40. The van der Waals surface area contributed by atoms with Gasteiger partial charge in [0.2, 0.25) is 21.8 Å². The predicted molar refractivity (Wildman–Crippen MR) is 154 cm³/mol. The molecule has 0 radical (unpaired) electrons. The lowest BCUT2D eigenvalue weighted by Gasteiger charge is -2.34. The second-order valence-electron chi connectivity index (χ2n) is 10.6. The number of rotatable bonds is 7. The molecular weight excluding hydrogens is 542 g/mol. The van der Waals surface area contributed by atoms with Crippen LogP contribution in [0.5, 0.6) is 0 Å². The summed E-state index contributed by atoms with van der Waals surface area (Å²) in [6.07, 6.45) is 2.09. The number of carboxylic acids is 1. The quantitative estimate of drug-likeness (QED) is 0.393. The van der Waals surface area contributed by atoms with Gasteiger partial charge in [-0.15, -0.1) is 0 Å². The van der Waals surface area contributed by atoms with Crippen molar-refractivity contribution in [2.75, 3.05) is 13.1 Å². The van der Waals surface area contributed by atoms with Crippen molar-refractivity contribution in [3.8, 4) is 11.1 Å². The molecule has 0 bridgehead atoms. The fraction of sp³-hybridized carbons (Fsp3) is 0.323. The lowest BCUT2D eigenvalue weighted by molar-refractivity contribution is -0.132. The molecule has 9 nitrogen and oxygen atoms in total. The minimum Gasteiger partial charge on any atom is -0.478 e.